The van der Waals surface area contributed by atoms with E-state index in [0.717, 1.165) is 16.8 Å². The van der Waals surface area contributed by atoms with Gasteiger partial charge in [0, 0.05) is 12.3 Å². The van der Waals surface area contributed by atoms with Crippen LogP contribution < -0.4 is 11.2 Å². The molecule has 1 saturated heterocycles. The molecule has 0 bridgehead atoms. The largest absolute Gasteiger partial charge is 0.502 e. The molecule has 0 unspecified atom stereocenters. The van der Waals surface area contributed by atoms with Crippen molar-refractivity contribution in [3.63, 3.8) is 0 Å². The maximum atomic E-state index is 11.6. The minimum atomic E-state index is -1.45. The third-order valence-electron chi connectivity index (χ3n) is 2.81. The molecule has 1 aliphatic heterocycles. The van der Waals surface area contributed by atoms with E-state index in [2.05, 4.69) is 12.3 Å². The Kier molecular flexibility index (Phi) is 3.41. The molecule has 1 fully saturated rings. The Hall–Kier alpha value is -2.12. The van der Waals surface area contributed by atoms with Crippen LogP contribution >= 0.6 is 0 Å². The molecule has 0 aliphatic carbocycles. The lowest BCUT2D eigenvalue weighted by Crippen LogP contribution is -2.37. The van der Waals surface area contributed by atoms with Crippen LogP contribution in [0.3, 0.4) is 0 Å². The number of hydrogen-bond acceptors (Lipinski definition) is 6. The number of aliphatic hydroxyl groups excluding tert-OH is 3. The summed E-state index contributed by atoms with van der Waals surface area (Å²) in [5.74, 6) is -0.480. The van der Waals surface area contributed by atoms with E-state index in [1.807, 2.05) is 4.98 Å². The third kappa shape index (κ3) is 2.25. The van der Waals surface area contributed by atoms with E-state index in [0.29, 0.717) is 0 Å². The lowest BCUT2D eigenvalue weighted by Gasteiger charge is -2.16. The van der Waals surface area contributed by atoms with Crippen molar-refractivity contribution in [2.75, 3.05) is 0 Å². The molecule has 1 aromatic heterocycles. The summed E-state index contributed by atoms with van der Waals surface area (Å²) in [6.45, 7) is 3.19. The van der Waals surface area contributed by atoms with Crippen molar-refractivity contribution in [3.8, 4) is 0 Å². The smallest absolute Gasteiger partial charge is 0.330 e. The predicted molar refractivity (Wildman–Crippen MR) is 62.5 cm³/mol. The van der Waals surface area contributed by atoms with E-state index in [-0.39, 0.29) is 0 Å². The molecular weight excluding hydrogens is 256 g/mol. The Balaban J connectivity index is 2.39. The molecule has 1 aliphatic rings. The number of nitrogens with one attached hydrogen (secondary N) is 1. The van der Waals surface area contributed by atoms with Gasteiger partial charge in [-0.05, 0) is 0 Å². The van der Waals surface area contributed by atoms with Gasteiger partial charge in [-0.25, -0.2) is 4.79 Å². The van der Waals surface area contributed by atoms with Crippen molar-refractivity contribution >= 4 is 0 Å². The molecule has 0 radical (unpaired) electrons. The van der Waals surface area contributed by atoms with Crippen molar-refractivity contribution in [2.45, 2.75) is 24.5 Å². The zero-order valence-electron chi connectivity index (χ0n) is 9.68. The Bertz CT molecular complexity index is 641. The highest BCUT2D eigenvalue weighted by Crippen LogP contribution is 2.30. The van der Waals surface area contributed by atoms with Gasteiger partial charge in [-0.2, -0.15) is 0 Å². The van der Waals surface area contributed by atoms with Crippen molar-refractivity contribution < 1.29 is 20.1 Å². The van der Waals surface area contributed by atoms with Crippen molar-refractivity contribution in [3.05, 3.63) is 51.2 Å². The van der Waals surface area contributed by atoms with Crippen LogP contribution in [-0.2, 0) is 4.74 Å². The third-order valence-corrected chi connectivity index (χ3v) is 2.81. The SMILES string of the molecule is C=C=C(O)[C@H]1O[C@@H](n2ccc(=O)[nH]c2=O)[C@H](O)[C@@H]1O. The van der Waals surface area contributed by atoms with Crippen molar-refractivity contribution in [2.24, 2.45) is 0 Å². The first kappa shape index (κ1) is 13.3. The maximum Gasteiger partial charge on any atom is 0.330 e. The molecule has 2 heterocycles. The van der Waals surface area contributed by atoms with Crippen LogP contribution in [0.2, 0.25) is 0 Å². The summed E-state index contributed by atoms with van der Waals surface area (Å²) < 4.78 is 6.11. The molecule has 2 rings (SSSR count). The molecule has 0 saturated carbocycles. The van der Waals surface area contributed by atoms with Gasteiger partial charge >= 0.3 is 5.69 Å². The average Bonchev–Trinajstić information content (AvgIpc) is 2.66. The molecular formula is C11H12N2O6. The lowest BCUT2D eigenvalue weighted by atomic mass is 10.1. The highest BCUT2D eigenvalue weighted by molar-refractivity contribution is 5.06. The van der Waals surface area contributed by atoms with E-state index >= 15 is 0 Å². The van der Waals surface area contributed by atoms with Crippen LogP contribution in [0.1, 0.15) is 6.23 Å². The second-order valence-corrected chi connectivity index (χ2v) is 4.01. The van der Waals surface area contributed by atoms with Crippen LogP contribution in [0.5, 0.6) is 0 Å². The number of nitrogens with zero attached hydrogens (tertiary/aromatic N) is 1. The zero-order chi connectivity index (χ0) is 14.2. The van der Waals surface area contributed by atoms with Crippen LogP contribution in [0.25, 0.3) is 0 Å². The van der Waals surface area contributed by atoms with E-state index in [1.54, 1.807) is 0 Å². The summed E-state index contributed by atoms with van der Waals surface area (Å²) in [5, 5.41) is 29.0. The summed E-state index contributed by atoms with van der Waals surface area (Å²) in [6, 6.07) is 1.07. The van der Waals surface area contributed by atoms with Gasteiger partial charge in [0.2, 0.25) is 0 Å². The van der Waals surface area contributed by atoms with Crippen LogP contribution in [0.4, 0.5) is 0 Å². The molecule has 1 aromatic rings. The molecule has 0 amide bonds. The highest BCUT2D eigenvalue weighted by atomic mass is 16.6. The first-order valence-corrected chi connectivity index (χ1v) is 5.37. The number of aromatic nitrogens is 2. The fourth-order valence-corrected chi connectivity index (χ4v) is 1.84. The molecule has 8 heteroatoms. The monoisotopic (exact) mass is 268 g/mol. The second-order valence-electron chi connectivity index (χ2n) is 4.01. The fraction of sp³-hybridized carbons (Fsp3) is 0.364. The summed E-state index contributed by atoms with van der Waals surface area (Å²) in [4.78, 5) is 24.5. The first-order chi connectivity index (χ1) is 8.95. The van der Waals surface area contributed by atoms with Crippen molar-refractivity contribution in [1.29, 1.82) is 0 Å². The van der Waals surface area contributed by atoms with Gasteiger partial charge in [0.1, 0.15) is 12.2 Å². The summed E-state index contributed by atoms with van der Waals surface area (Å²) in [7, 11) is 0. The molecule has 19 heavy (non-hydrogen) atoms. The average molecular weight is 268 g/mol. The molecule has 8 nitrogen and oxygen atoms in total. The fourth-order valence-electron chi connectivity index (χ4n) is 1.84. The van der Waals surface area contributed by atoms with Gasteiger partial charge in [-0.3, -0.25) is 14.3 Å². The standard InChI is InChI=1S/C11H12N2O6/c1-2-5(14)9-7(16)8(17)10(19-9)13-4-3-6(15)12-11(13)18/h3-4,7-10,14,16-17H,1H2,(H,12,15,18)/t7-,8+,9+,10+/m0/s1. The summed E-state index contributed by atoms with van der Waals surface area (Å²) >= 11 is 0. The minimum Gasteiger partial charge on any atom is -0.502 e. The zero-order valence-corrected chi connectivity index (χ0v) is 9.68. The van der Waals surface area contributed by atoms with Gasteiger partial charge < -0.3 is 20.1 Å². The minimum absolute atomic E-state index is 0.480. The Morgan fingerprint density at radius 2 is 2.11 bits per heavy atom. The van der Waals surface area contributed by atoms with Crippen molar-refractivity contribution in [1.82, 2.24) is 9.55 Å². The lowest BCUT2D eigenvalue weighted by molar-refractivity contribution is -0.0388. The van der Waals surface area contributed by atoms with Crippen LogP contribution in [-0.4, -0.2) is 43.2 Å². The van der Waals surface area contributed by atoms with E-state index in [1.165, 1.54) is 0 Å². The topological polar surface area (TPSA) is 125 Å². The second kappa shape index (κ2) is 4.87. The Morgan fingerprint density at radius 3 is 2.68 bits per heavy atom. The van der Waals surface area contributed by atoms with E-state index in [4.69, 9.17) is 4.74 Å². The van der Waals surface area contributed by atoms with Gasteiger partial charge in [-0.15, -0.1) is 0 Å². The Morgan fingerprint density at radius 1 is 1.42 bits per heavy atom. The predicted octanol–water partition coefficient (Wildman–Crippen LogP) is -1.62. The highest BCUT2D eigenvalue weighted by Gasteiger charge is 2.46. The molecule has 0 aromatic carbocycles. The summed E-state index contributed by atoms with van der Waals surface area (Å²) in [6.07, 6.45) is -4.25. The normalized spacial score (nSPS) is 30.0. The number of aliphatic hydroxyl groups is 3. The number of rotatable bonds is 2. The van der Waals surface area contributed by atoms with Gasteiger partial charge in [-0.1, -0.05) is 12.3 Å². The van der Waals surface area contributed by atoms with Gasteiger partial charge in [0.05, 0.1) is 0 Å². The summed E-state index contributed by atoms with van der Waals surface area (Å²) in [5.41, 5.74) is 0.737. The molecule has 0 spiro atoms. The van der Waals surface area contributed by atoms with Crippen LogP contribution in [0, 0.1) is 0 Å². The number of hydrogen-bond donors (Lipinski definition) is 4. The number of H-pyrrole nitrogens is 1. The molecule has 4 atom stereocenters. The number of ether oxygens (including phenoxy) is 1. The maximum absolute atomic E-state index is 11.6. The van der Waals surface area contributed by atoms with E-state index < -0.39 is 41.5 Å². The Labute approximate surface area is 106 Å². The van der Waals surface area contributed by atoms with Gasteiger partial charge in [0.15, 0.2) is 18.1 Å². The first-order valence-electron chi connectivity index (χ1n) is 5.37. The number of aromatic amines is 1. The molecule has 102 valence electrons. The van der Waals surface area contributed by atoms with Crippen LogP contribution in [0.15, 0.2) is 39.9 Å². The molecule has 4 N–H and O–H groups in total. The quantitative estimate of drug-likeness (QED) is 0.377. The van der Waals surface area contributed by atoms with E-state index in [9.17, 15) is 24.9 Å². The van der Waals surface area contributed by atoms with Gasteiger partial charge in [0.25, 0.3) is 5.56 Å².